The fourth-order valence-electron chi connectivity index (χ4n) is 3.89. The Labute approximate surface area is 249 Å². The third-order valence-electron chi connectivity index (χ3n) is 5.76. The summed E-state index contributed by atoms with van der Waals surface area (Å²) in [4.78, 5) is 39.3. The number of likely N-dealkylation sites (N-methyl/N-ethyl adjacent to an activating group) is 1. The summed E-state index contributed by atoms with van der Waals surface area (Å²) in [6.45, 7) is 3.04. The van der Waals surface area contributed by atoms with Crippen LogP contribution < -0.4 is 30.7 Å². The van der Waals surface area contributed by atoms with Crippen molar-refractivity contribution in [1.29, 1.82) is 5.26 Å². The van der Waals surface area contributed by atoms with Gasteiger partial charge in [-0.25, -0.2) is 0 Å². The van der Waals surface area contributed by atoms with Crippen molar-refractivity contribution in [3.63, 3.8) is 0 Å². The van der Waals surface area contributed by atoms with Gasteiger partial charge in [0.2, 0.25) is 5.91 Å². The lowest BCUT2D eigenvalue weighted by molar-refractivity contribution is -0.136. The second-order valence-corrected chi connectivity index (χ2v) is 10.4. The predicted octanol–water partition coefficient (Wildman–Crippen LogP) is 2.82. The standard InChI is InChI=1S/C30H29F3N6O3S/c1-4-39-27(14-22(16-34)28(41)36-19-30(31,32)33)43-25(29(39)42)11-12-35-23-9-6-10-24(15-23)37-26(40)18-38(3)17-21-8-5-7-20(2)13-21/h5-10,12-13,15,35H,4,17-19H2,1-3H3,(H,36,41)(H,37,40). The van der Waals surface area contributed by atoms with E-state index in [2.05, 4.69) is 28.2 Å². The zero-order valence-corrected chi connectivity index (χ0v) is 24.4. The number of aryl methyl sites for hydroxylation is 1. The second-order valence-electron chi connectivity index (χ2n) is 9.42. The third kappa shape index (κ3) is 10.2. The monoisotopic (exact) mass is 610 g/mol. The average molecular weight is 611 g/mol. The molecule has 3 rings (SSSR count). The SMILES string of the molecule is CCn1c(=C=C(C#N)C(=O)NCC(F)(F)F)sc(=C=CNc2cccc(NC(=O)CN(C)Cc3cccc(C)c3)c2)c1=O. The number of carbonyl (C=O) groups is 2. The molecule has 0 aliphatic heterocycles. The number of hydrogen-bond acceptors (Lipinski definition) is 7. The lowest BCUT2D eigenvalue weighted by Crippen LogP contribution is -2.34. The number of thiazole rings is 1. The molecule has 0 aliphatic rings. The minimum atomic E-state index is -4.64. The fourth-order valence-corrected chi connectivity index (χ4v) is 4.87. The van der Waals surface area contributed by atoms with Gasteiger partial charge in [-0.3, -0.25) is 23.9 Å². The Morgan fingerprint density at radius 2 is 1.86 bits per heavy atom. The smallest absolute Gasteiger partial charge is 0.355 e. The predicted molar refractivity (Wildman–Crippen MR) is 159 cm³/mol. The van der Waals surface area contributed by atoms with Gasteiger partial charge in [0.15, 0.2) is 5.57 Å². The summed E-state index contributed by atoms with van der Waals surface area (Å²) in [5, 5.41) is 16.7. The molecule has 0 bridgehead atoms. The molecule has 1 aromatic heterocycles. The lowest BCUT2D eigenvalue weighted by Gasteiger charge is -2.17. The first-order chi connectivity index (χ1) is 20.4. The number of hydrogen-bond donors (Lipinski definition) is 3. The molecule has 2 aromatic carbocycles. The number of nitrogens with one attached hydrogen (secondary N) is 3. The Bertz CT molecular complexity index is 1790. The number of carbonyl (C=O) groups excluding carboxylic acids is 2. The van der Waals surface area contributed by atoms with Crippen molar-refractivity contribution in [3.8, 4) is 6.07 Å². The molecule has 3 N–H and O–H groups in total. The Balaban J connectivity index is 1.75. The fraction of sp³-hybridized carbons (Fsp3) is 0.267. The van der Waals surface area contributed by atoms with Crippen molar-refractivity contribution in [2.24, 2.45) is 0 Å². The van der Waals surface area contributed by atoms with E-state index in [9.17, 15) is 32.8 Å². The maximum Gasteiger partial charge on any atom is 0.405 e. The molecule has 43 heavy (non-hydrogen) atoms. The molecule has 3 aromatic rings. The Kier molecular flexibility index (Phi) is 11.3. The van der Waals surface area contributed by atoms with Gasteiger partial charge in [0, 0.05) is 30.7 Å². The highest BCUT2D eigenvalue weighted by Gasteiger charge is 2.28. The van der Waals surface area contributed by atoms with Crippen LogP contribution in [0.3, 0.4) is 0 Å². The number of nitrogens with zero attached hydrogens (tertiary/aromatic N) is 3. The Morgan fingerprint density at radius 1 is 1.14 bits per heavy atom. The van der Waals surface area contributed by atoms with Gasteiger partial charge in [-0.1, -0.05) is 58.7 Å². The van der Waals surface area contributed by atoms with Gasteiger partial charge < -0.3 is 16.0 Å². The number of anilines is 2. The summed E-state index contributed by atoms with van der Waals surface area (Å²) in [6.07, 6.45) is -3.26. The molecule has 0 saturated heterocycles. The van der Waals surface area contributed by atoms with Crippen molar-refractivity contribution in [1.82, 2.24) is 14.8 Å². The van der Waals surface area contributed by atoms with Crippen LogP contribution in [0.1, 0.15) is 18.1 Å². The molecular formula is C30H29F3N6O3S. The molecule has 0 spiro atoms. The van der Waals surface area contributed by atoms with Crippen molar-refractivity contribution in [2.45, 2.75) is 33.1 Å². The van der Waals surface area contributed by atoms with Crippen LogP contribution in [0.2, 0.25) is 0 Å². The largest absolute Gasteiger partial charge is 0.405 e. The van der Waals surface area contributed by atoms with Gasteiger partial charge in [-0.15, -0.1) is 0 Å². The maximum atomic E-state index is 12.8. The molecule has 13 heteroatoms. The number of rotatable bonds is 10. The van der Waals surface area contributed by atoms with Crippen molar-refractivity contribution in [3.05, 3.63) is 91.0 Å². The molecule has 0 fully saturated rings. The van der Waals surface area contributed by atoms with E-state index in [1.807, 2.05) is 37.1 Å². The van der Waals surface area contributed by atoms with Crippen LogP contribution in [-0.4, -0.2) is 47.6 Å². The average Bonchev–Trinajstić information content (AvgIpc) is 3.23. The van der Waals surface area contributed by atoms with E-state index in [0.29, 0.717) is 17.9 Å². The highest BCUT2D eigenvalue weighted by Crippen LogP contribution is 2.15. The summed E-state index contributed by atoms with van der Waals surface area (Å²) in [5.41, 5.74) is 7.51. The van der Waals surface area contributed by atoms with Crippen molar-refractivity contribution < 1.29 is 22.8 Å². The van der Waals surface area contributed by atoms with Crippen LogP contribution in [-0.2, 0) is 22.7 Å². The highest BCUT2D eigenvalue weighted by atomic mass is 32.1. The van der Waals surface area contributed by atoms with E-state index in [4.69, 9.17) is 0 Å². The molecular weight excluding hydrogens is 581 g/mol. The van der Waals surface area contributed by atoms with Crippen molar-refractivity contribution in [2.75, 3.05) is 30.8 Å². The normalized spacial score (nSPS) is 10.7. The lowest BCUT2D eigenvalue weighted by atomic mass is 10.1. The number of alkyl halides is 3. The summed E-state index contributed by atoms with van der Waals surface area (Å²) in [5.74, 6) is -1.44. The molecule has 1 heterocycles. The number of nitriles is 1. The molecule has 0 atom stereocenters. The summed E-state index contributed by atoms with van der Waals surface area (Å²) >= 11 is 0.870. The number of amides is 2. The topological polar surface area (TPSA) is 119 Å². The second kappa shape index (κ2) is 14.9. The van der Waals surface area contributed by atoms with E-state index in [1.165, 1.54) is 16.8 Å². The van der Waals surface area contributed by atoms with Gasteiger partial charge in [-0.2, -0.15) is 18.4 Å². The molecule has 224 valence electrons. The zero-order valence-electron chi connectivity index (χ0n) is 23.6. The Hall–Kier alpha value is -4.85. The van der Waals surface area contributed by atoms with Gasteiger partial charge in [-0.05, 0) is 44.7 Å². The Morgan fingerprint density at radius 3 is 2.53 bits per heavy atom. The number of aromatic nitrogens is 1. The number of benzene rings is 2. The van der Waals surface area contributed by atoms with Gasteiger partial charge >= 0.3 is 6.18 Å². The van der Waals surface area contributed by atoms with Gasteiger partial charge in [0.05, 0.1) is 6.54 Å². The summed E-state index contributed by atoms with van der Waals surface area (Å²) in [6, 6.07) is 16.5. The summed E-state index contributed by atoms with van der Waals surface area (Å²) in [7, 11) is 1.86. The van der Waals surface area contributed by atoms with Gasteiger partial charge in [0.25, 0.3) is 11.5 Å². The first-order valence-corrected chi connectivity index (χ1v) is 13.8. The highest BCUT2D eigenvalue weighted by molar-refractivity contribution is 7.07. The maximum absolute atomic E-state index is 12.8. The first-order valence-electron chi connectivity index (χ1n) is 13.0. The molecule has 2 amide bonds. The van der Waals surface area contributed by atoms with Crippen LogP contribution in [0.4, 0.5) is 24.5 Å². The van der Waals surface area contributed by atoms with Crippen LogP contribution in [0.15, 0.2) is 65.1 Å². The molecule has 0 unspecified atom stereocenters. The third-order valence-corrected chi connectivity index (χ3v) is 6.77. The van der Waals surface area contributed by atoms with Crippen LogP contribution in [0.25, 0.3) is 11.5 Å². The minimum Gasteiger partial charge on any atom is -0.355 e. The minimum absolute atomic E-state index is 0.0826. The van der Waals surface area contributed by atoms with E-state index in [-0.39, 0.29) is 28.2 Å². The van der Waals surface area contributed by atoms with E-state index in [1.54, 1.807) is 36.5 Å². The van der Waals surface area contributed by atoms with Crippen molar-refractivity contribution >= 4 is 46.0 Å². The van der Waals surface area contributed by atoms with E-state index < -0.39 is 29.8 Å². The summed E-state index contributed by atoms with van der Waals surface area (Å²) < 4.78 is 38.7. The molecule has 0 radical (unpaired) electrons. The van der Waals surface area contributed by atoms with Gasteiger partial charge in [0.1, 0.15) is 21.8 Å². The number of halogens is 3. The first kappa shape index (κ1) is 32.7. The molecule has 9 nitrogen and oxygen atoms in total. The zero-order chi connectivity index (χ0) is 31.6. The quantitative estimate of drug-likeness (QED) is 0.240. The van der Waals surface area contributed by atoms with Crippen LogP contribution >= 0.6 is 11.3 Å². The molecule has 0 aliphatic carbocycles. The van der Waals surface area contributed by atoms with Crippen LogP contribution in [0, 0.1) is 18.3 Å². The van der Waals surface area contributed by atoms with E-state index >= 15 is 0 Å². The van der Waals surface area contributed by atoms with E-state index in [0.717, 1.165) is 22.5 Å². The van der Waals surface area contributed by atoms with Crippen LogP contribution in [0.5, 0.6) is 0 Å². The molecule has 0 saturated carbocycles.